The summed E-state index contributed by atoms with van der Waals surface area (Å²) in [6, 6.07) is 17.5. The average molecular weight is 284 g/mol. The third-order valence-electron chi connectivity index (χ3n) is 2.94. The van der Waals surface area contributed by atoms with Crippen LogP contribution in [0, 0.1) is 6.92 Å². The van der Waals surface area contributed by atoms with Crippen molar-refractivity contribution >= 4 is 11.6 Å². The lowest BCUT2D eigenvalue weighted by Crippen LogP contribution is -2.32. The topological polar surface area (TPSA) is 50.4 Å². The van der Waals surface area contributed by atoms with Crippen LogP contribution in [0.25, 0.3) is 0 Å². The van der Waals surface area contributed by atoms with Crippen LogP contribution >= 0.6 is 0 Å². The Balaban J connectivity index is 1.60. The molecule has 0 spiro atoms. The highest BCUT2D eigenvalue weighted by molar-refractivity contribution is 5.80. The zero-order valence-corrected chi connectivity index (χ0v) is 12.1. The van der Waals surface area contributed by atoms with Gasteiger partial charge in [0.2, 0.25) is 5.91 Å². The Hall–Kier alpha value is -2.49. The van der Waals surface area contributed by atoms with E-state index in [4.69, 9.17) is 4.74 Å². The molecular weight excluding hydrogens is 264 g/mol. The normalized spacial score (nSPS) is 9.95. The Morgan fingerprint density at radius 2 is 1.76 bits per heavy atom. The van der Waals surface area contributed by atoms with Crippen molar-refractivity contribution in [3.05, 3.63) is 60.2 Å². The van der Waals surface area contributed by atoms with Crippen molar-refractivity contribution in [2.24, 2.45) is 0 Å². The lowest BCUT2D eigenvalue weighted by Gasteiger charge is -2.09. The third-order valence-corrected chi connectivity index (χ3v) is 2.94. The Morgan fingerprint density at radius 3 is 2.48 bits per heavy atom. The van der Waals surface area contributed by atoms with Gasteiger partial charge in [0.15, 0.2) is 0 Å². The summed E-state index contributed by atoms with van der Waals surface area (Å²) in [6.45, 7) is 3.24. The zero-order chi connectivity index (χ0) is 14.9. The van der Waals surface area contributed by atoms with Crippen molar-refractivity contribution in [3.8, 4) is 5.75 Å². The molecule has 0 saturated carbocycles. The van der Waals surface area contributed by atoms with Gasteiger partial charge in [0.05, 0.1) is 13.1 Å². The first kappa shape index (κ1) is 14.9. The molecule has 2 rings (SSSR count). The molecule has 2 aromatic rings. The molecule has 2 aromatic carbocycles. The Labute approximate surface area is 125 Å². The Kier molecular flexibility index (Phi) is 5.64. The average Bonchev–Trinajstić information content (AvgIpc) is 2.52. The molecule has 4 nitrogen and oxygen atoms in total. The van der Waals surface area contributed by atoms with Crippen molar-refractivity contribution in [1.29, 1.82) is 0 Å². The van der Waals surface area contributed by atoms with Gasteiger partial charge in [0.25, 0.3) is 0 Å². The smallest absolute Gasteiger partial charge is 0.239 e. The van der Waals surface area contributed by atoms with Crippen LogP contribution in [0.3, 0.4) is 0 Å². The number of aryl methyl sites for hydroxylation is 1. The number of nitrogens with one attached hydrogen (secondary N) is 2. The largest absolute Gasteiger partial charge is 0.492 e. The number of anilines is 1. The van der Waals surface area contributed by atoms with E-state index in [9.17, 15) is 4.79 Å². The number of hydrogen-bond acceptors (Lipinski definition) is 3. The van der Waals surface area contributed by atoms with Gasteiger partial charge in [-0.05, 0) is 31.2 Å². The fraction of sp³-hybridized carbons (Fsp3) is 0.235. The molecule has 0 atom stereocenters. The first-order chi connectivity index (χ1) is 10.2. The summed E-state index contributed by atoms with van der Waals surface area (Å²) >= 11 is 0. The number of rotatable bonds is 7. The highest BCUT2D eigenvalue weighted by Crippen LogP contribution is 2.08. The van der Waals surface area contributed by atoms with Crippen LogP contribution in [-0.2, 0) is 4.79 Å². The predicted octanol–water partition coefficient (Wildman–Crippen LogP) is 2.60. The molecule has 0 unspecified atom stereocenters. The molecule has 0 saturated heterocycles. The lowest BCUT2D eigenvalue weighted by atomic mass is 10.2. The van der Waals surface area contributed by atoms with Crippen molar-refractivity contribution < 1.29 is 9.53 Å². The summed E-state index contributed by atoms with van der Waals surface area (Å²) in [7, 11) is 0. The number of benzene rings is 2. The second kappa shape index (κ2) is 7.94. The van der Waals surface area contributed by atoms with Crippen LogP contribution in [0.5, 0.6) is 5.75 Å². The summed E-state index contributed by atoms with van der Waals surface area (Å²) < 4.78 is 5.50. The molecule has 2 N–H and O–H groups in total. The van der Waals surface area contributed by atoms with Crippen LogP contribution < -0.4 is 15.4 Å². The van der Waals surface area contributed by atoms with E-state index in [-0.39, 0.29) is 12.5 Å². The summed E-state index contributed by atoms with van der Waals surface area (Å²) in [4.78, 5) is 11.7. The van der Waals surface area contributed by atoms with Gasteiger partial charge in [-0.25, -0.2) is 0 Å². The van der Waals surface area contributed by atoms with E-state index < -0.39 is 0 Å². The first-order valence-corrected chi connectivity index (χ1v) is 6.99. The Morgan fingerprint density at radius 1 is 1.05 bits per heavy atom. The number of amides is 1. The highest BCUT2D eigenvalue weighted by atomic mass is 16.5. The fourth-order valence-electron chi connectivity index (χ4n) is 1.79. The maximum atomic E-state index is 11.7. The standard InChI is InChI=1S/C17H20N2O2/c1-14-7-9-15(10-8-14)19-13-17(20)18-11-12-21-16-5-3-2-4-6-16/h2-10,19H,11-13H2,1H3,(H,18,20). The van der Waals surface area contributed by atoms with E-state index >= 15 is 0 Å². The number of para-hydroxylation sites is 1. The summed E-state index contributed by atoms with van der Waals surface area (Å²) in [5.41, 5.74) is 2.14. The van der Waals surface area contributed by atoms with E-state index in [2.05, 4.69) is 10.6 Å². The van der Waals surface area contributed by atoms with E-state index in [1.54, 1.807) is 0 Å². The van der Waals surface area contributed by atoms with Gasteiger partial charge in [-0.2, -0.15) is 0 Å². The number of hydrogen-bond donors (Lipinski definition) is 2. The molecular formula is C17H20N2O2. The van der Waals surface area contributed by atoms with Crippen LogP contribution in [0.4, 0.5) is 5.69 Å². The van der Waals surface area contributed by atoms with Gasteiger partial charge in [0.1, 0.15) is 12.4 Å². The van der Waals surface area contributed by atoms with Gasteiger partial charge < -0.3 is 15.4 Å². The van der Waals surface area contributed by atoms with E-state index in [1.165, 1.54) is 5.56 Å². The van der Waals surface area contributed by atoms with Gasteiger partial charge in [-0.1, -0.05) is 35.9 Å². The lowest BCUT2D eigenvalue weighted by molar-refractivity contribution is -0.119. The van der Waals surface area contributed by atoms with Gasteiger partial charge in [-0.3, -0.25) is 4.79 Å². The van der Waals surface area contributed by atoms with E-state index in [0.29, 0.717) is 13.2 Å². The third kappa shape index (κ3) is 5.57. The quantitative estimate of drug-likeness (QED) is 0.768. The van der Waals surface area contributed by atoms with E-state index in [0.717, 1.165) is 11.4 Å². The number of carbonyl (C=O) groups is 1. The molecule has 1 amide bonds. The molecule has 0 aliphatic carbocycles. The molecule has 0 aliphatic rings. The second-order valence-electron chi connectivity index (χ2n) is 4.73. The minimum atomic E-state index is -0.0489. The number of ether oxygens (including phenoxy) is 1. The molecule has 0 bridgehead atoms. The summed E-state index contributed by atoms with van der Waals surface area (Å²) in [6.07, 6.45) is 0. The molecule has 0 aliphatic heterocycles. The van der Waals surface area contributed by atoms with Crippen LogP contribution in [0.15, 0.2) is 54.6 Å². The van der Waals surface area contributed by atoms with Crippen LogP contribution in [0.1, 0.15) is 5.56 Å². The van der Waals surface area contributed by atoms with Crippen LogP contribution in [-0.4, -0.2) is 25.6 Å². The predicted molar refractivity (Wildman–Crippen MR) is 84.6 cm³/mol. The van der Waals surface area contributed by atoms with Gasteiger partial charge in [0, 0.05) is 5.69 Å². The maximum Gasteiger partial charge on any atom is 0.239 e. The summed E-state index contributed by atoms with van der Waals surface area (Å²) in [5, 5.41) is 5.89. The monoisotopic (exact) mass is 284 g/mol. The Bertz CT molecular complexity index is 553. The van der Waals surface area contributed by atoms with Crippen molar-refractivity contribution in [2.75, 3.05) is 25.0 Å². The molecule has 110 valence electrons. The van der Waals surface area contributed by atoms with Crippen molar-refractivity contribution in [3.63, 3.8) is 0 Å². The van der Waals surface area contributed by atoms with Crippen molar-refractivity contribution in [1.82, 2.24) is 5.32 Å². The molecule has 0 radical (unpaired) electrons. The summed E-state index contributed by atoms with van der Waals surface area (Å²) in [5.74, 6) is 0.761. The molecule has 0 fully saturated rings. The van der Waals surface area contributed by atoms with Gasteiger partial charge >= 0.3 is 0 Å². The minimum absolute atomic E-state index is 0.0489. The second-order valence-corrected chi connectivity index (χ2v) is 4.73. The fourth-order valence-corrected chi connectivity index (χ4v) is 1.79. The number of carbonyl (C=O) groups excluding carboxylic acids is 1. The van der Waals surface area contributed by atoms with Crippen molar-refractivity contribution in [2.45, 2.75) is 6.92 Å². The van der Waals surface area contributed by atoms with Crippen LogP contribution in [0.2, 0.25) is 0 Å². The first-order valence-electron chi connectivity index (χ1n) is 6.99. The molecule has 4 heteroatoms. The molecule has 0 heterocycles. The van der Waals surface area contributed by atoms with E-state index in [1.807, 2.05) is 61.5 Å². The minimum Gasteiger partial charge on any atom is -0.492 e. The zero-order valence-electron chi connectivity index (χ0n) is 12.1. The molecule has 21 heavy (non-hydrogen) atoms. The SMILES string of the molecule is Cc1ccc(NCC(=O)NCCOc2ccccc2)cc1. The maximum absolute atomic E-state index is 11.7. The highest BCUT2D eigenvalue weighted by Gasteiger charge is 2.00. The van der Waals surface area contributed by atoms with Gasteiger partial charge in [-0.15, -0.1) is 0 Å². The molecule has 0 aromatic heterocycles.